The summed E-state index contributed by atoms with van der Waals surface area (Å²) in [5, 5.41) is 15.0. The summed E-state index contributed by atoms with van der Waals surface area (Å²) in [6, 6.07) is -10.3. The average Bonchev–Trinajstić information content (AvgIpc) is 0.885. The molecule has 2 aliphatic heterocycles. The SMILES string of the molecule is C/C=C/C[C@@H](C)[C@@H](O)[C@H]1C(=O)N[C@@H](CC)C(=O)N(C)[C@H](C)C(=O)N(C)[C@@H]([C@H](C)C(=O)N2CCOCC2)C(=O)C[C@@H](C(C)C)C(=O)N(C)[C@@H](CC(C)C)C(=O)C[C@@H](C)C(=O)C[C@H](C)C(=O)N(C)[C@@H](CC(C)C)C(=O)N(C)[C@@H](CC(C)C)C(=O)N(C)[C@@H](C(C)C)C(=O)N1C. The molecular weight excluding hydrogens is 1180 g/mol. The second kappa shape index (κ2) is 37.1. The highest BCUT2D eigenvalue weighted by Crippen LogP contribution is 2.30. The zero-order valence-corrected chi connectivity index (χ0v) is 60.4. The predicted molar refractivity (Wildman–Crippen MR) is 354 cm³/mol. The van der Waals surface area contributed by atoms with Crippen LogP contribution in [0.25, 0.3) is 0 Å². The van der Waals surface area contributed by atoms with Crippen molar-refractivity contribution in [2.45, 2.75) is 224 Å². The number of aliphatic hydroxyl groups is 1. The fraction of sp³-hybridized carbons (Fsp3) is 0.797. The van der Waals surface area contributed by atoms with Gasteiger partial charge in [-0.15, -0.1) is 0 Å². The Morgan fingerprint density at radius 1 is 0.522 bits per heavy atom. The molecule has 2 rings (SSSR count). The normalized spacial score (nSPS) is 28.1. The van der Waals surface area contributed by atoms with Crippen LogP contribution in [0.5, 0.6) is 0 Å². The van der Waals surface area contributed by atoms with Gasteiger partial charge in [-0.2, -0.15) is 0 Å². The van der Waals surface area contributed by atoms with Crippen molar-refractivity contribution in [1.29, 1.82) is 0 Å². The zero-order valence-electron chi connectivity index (χ0n) is 60.4. The highest BCUT2D eigenvalue weighted by Gasteiger charge is 2.47. The molecule has 0 aromatic rings. The maximum atomic E-state index is 15.3. The second-order valence-electron chi connectivity index (χ2n) is 28.5. The van der Waals surface area contributed by atoms with E-state index in [9.17, 15) is 38.7 Å². The van der Waals surface area contributed by atoms with E-state index in [-0.39, 0.29) is 82.6 Å². The van der Waals surface area contributed by atoms with E-state index >= 15 is 24.0 Å². The number of amides is 9. The minimum absolute atomic E-state index is 0.0252. The lowest BCUT2D eigenvalue weighted by Gasteiger charge is -2.41. The number of ketones is 3. The molecule has 0 saturated carbocycles. The highest BCUT2D eigenvalue weighted by molar-refractivity contribution is 6.01. The van der Waals surface area contributed by atoms with Gasteiger partial charge in [-0.3, -0.25) is 57.5 Å². The van der Waals surface area contributed by atoms with Gasteiger partial charge in [-0.1, -0.05) is 116 Å². The van der Waals surface area contributed by atoms with Crippen molar-refractivity contribution in [2.75, 3.05) is 75.6 Å². The largest absolute Gasteiger partial charge is 0.390 e. The number of hydrogen-bond donors (Lipinski definition) is 2. The molecule has 23 nitrogen and oxygen atoms in total. The summed E-state index contributed by atoms with van der Waals surface area (Å²) in [6.07, 6.45) is 1.85. The molecule has 2 saturated heterocycles. The first-order chi connectivity index (χ1) is 42.6. The smallest absolute Gasteiger partial charge is 0.246 e. The molecule has 0 bridgehead atoms. The molecule has 0 aromatic heterocycles. The van der Waals surface area contributed by atoms with Crippen LogP contribution < -0.4 is 5.32 Å². The van der Waals surface area contributed by atoms with E-state index in [1.54, 1.807) is 79.4 Å². The van der Waals surface area contributed by atoms with Crippen molar-refractivity contribution < 1.29 is 67.4 Å². The van der Waals surface area contributed by atoms with Gasteiger partial charge in [0.2, 0.25) is 53.2 Å². The maximum Gasteiger partial charge on any atom is 0.246 e. The number of ether oxygens (including phenoxy) is 1. The van der Waals surface area contributed by atoms with E-state index < -0.39 is 173 Å². The Labute approximate surface area is 550 Å². The number of nitrogens with zero attached hydrogens (tertiary/aromatic N) is 8. The van der Waals surface area contributed by atoms with Crippen molar-refractivity contribution in [3.05, 3.63) is 12.2 Å². The van der Waals surface area contributed by atoms with Crippen molar-refractivity contribution in [3.8, 4) is 0 Å². The molecule has 2 heterocycles. The van der Waals surface area contributed by atoms with Gasteiger partial charge in [0.05, 0.1) is 31.3 Å². The number of likely N-dealkylation sites (N-methyl/N-ethyl adjacent to an activating group) is 7. The minimum atomic E-state index is -1.65. The van der Waals surface area contributed by atoms with Crippen LogP contribution in [0.4, 0.5) is 0 Å². The van der Waals surface area contributed by atoms with Gasteiger partial charge in [-0.25, -0.2) is 0 Å². The first kappa shape index (κ1) is 82.0. The van der Waals surface area contributed by atoms with Gasteiger partial charge in [0.15, 0.2) is 11.6 Å². The predicted octanol–water partition coefficient (Wildman–Crippen LogP) is 5.38. The molecular formula is C69H119N9O14. The molecule has 0 unspecified atom stereocenters. The maximum absolute atomic E-state index is 15.3. The van der Waals surface area contributed by atoms with Crippen LogP contribution >= 0.6 is 0 Å². The van der Waals surface area contributed by atoms with Crippen LogP contribution in [0, 0.1) is 59.2 Å². The monoisotopic (exact) mass is 1300 g/mol. The van der Waals surface area contributed by atoms with Gasteiger partial charge >= 0.3 is 0 Å². The number of allylic oxidation sites excluding steroid dienone is 2. The number of hydrogen-bond acceptors (Lipinski definition) is 14. The molecule has 0 spiro atoms. The number of aliphatic hydroxyl groups excluding tert-OH is 1. The molecule has 2 N–H and O–H groups in total. The molecule has 9 amide bonds. The Balaban J connectivity index is 3.07. The molecule has 0 aliphatic carbocycles. The lowest BCUT2D eigenvalue weighted by atomic mass is 9.83. The Kier molecular flexibility index (Phi) is 33.1. The summed E-state index contributed by atoms with van der Waals surface area (Å²) in [5.74, 6) is -13.4. The van der Waals surface area contributed by atoms with Crippen LogP contribution in [0.1, 0.15) is 169 Å². The van der Waals surface area contributed by atoms with Crippen molar-refractivity contribution in [1.82, 2.24) is 44.5 Å². The number of carbonyl (C=O) groups excluding carboxylic acids is 12. The van der Waals surface area contributed by atoms with E-state index in [0.29, 0.717) is 6.42 Å². The Morgan fingerprint density at radius 2 is 0.978 bits per heavy atom. The van der Waals surface area contributed by atoms with Crippen LogP contribution in [-0.2, 0) is 62.3 Å². The number of morpholine rings is 1. The lowest BCUT2D eigenvalue weighted by molar-refractivity contribution is -0.157. The molecule has 92 heavy (non-hydrogen) atoms. The molecule has 2 fully saturated rings. The Bertz CT molecular complexity index is 2580. The van der Waals surface area contributed by atoms with Crippen molar-refractivity contribution in [2.24, 2.45) is 59.2 Å². The summed E-state index contributed by atoms with van der Waals surface area (Å²) in [6.45, 7) is 30.5. The lowest BCUT2D eigenvalue weighted by Crippen LogP contribution is -2.63. The fourth-order valence-corrected chi connectivity index (χ4v) is 12.7. The molecule has 524 valence electrons. The second-order valence-corrected chi connectivity index (χ2v) is 28.5. The Hall–Kier alpha value is -6.10. The van der Waals surface area contributed by atoms with E-state index in [1.165, 1.54) is 82.8 Å². The van der Waals surface area contributed by atoms with Gasteiger partial charge in [0.25, 0.3) is 0 Å². The molecule has 14 atom stereocenters. The topological polar surface area (TPSA) is 272 Å². The zero-order chi connectivity index (χ0) is 70.8. The van der Waals surface area contributed by atoms with Crippen LogP contribution in [0.2, 0.25) is 0 Å². The van der Waals surface area contributed by atoms with E-state index in [2.05, 4.69) is 5.32 Å². The Morgan fingerprint density at radius 3 is 1.46 bits per heavy atom. The molecule has 0 aromatic carbocycles. The quantitative estimate of drug-likeness (QED) is 0.195. The van der Waals surface area contributed by atoms with E-state index in [4.69, 9.17) is 4.74 Å². The van der Waals surface area contributed by atoms with E-state index in [1.807, 2.05) is 41.5 Å². The third-order valence-corrected chi connectivity index (χ3v) is 18.9. The van der Waals surface area contributed by atoms with Crippen LogP contribution in [0.15, 0.2) is 12.2 Å². The summed E-state index contributed by atoms with van der Waals surface area (Å²) < 4.78 is 5.51. The molecule has 2 aliphatic rings. The van der Waals surface area contributed by atoms with Gasteiger partial charge in [0, 0.05) is 99.4 Å². The number of nitrogens with one attached hydrogen (secondary N) is 1. The minimum Gasteiger partial charge on any atom is -0.390 e. The van der Waals surface area contributed by atoms with E-state index in [0.717, 1.165) is 14.7 Å². The van der Waals surface area contributed by atoms with Crippen molar-refractivity contribution in [3.63, 3.8) is 0 Å². The third-order valence-electron chi connectivity index (χ3n) is 18.9. The van der Waals surface area contributed by atoms with Crippen molar-refractivity contribution >= 4 is 70.5 Å². The first-order valence-corrected chi connectivity index (χ1v) is 33.6. The highest BCUT2D eigenvalue weighted by atomic mass is 16.5. The van der Waals surface area contributed by atoms with Crippen LogP contribution in [-0.4, -0.2) is 245 Å². The summed E-state index contributed by atoms with van der Waals surface area (Å²) in [4.78, 5) is 188. The summed E-state index contributed by atoms with van der Waals surface area (Å²) in [5.41, 5.74) is 0. The number of rotatable bonds is 15. The third kappa shape index (κ3) is 21.5. The fourth-order valence-electron chi connectivity index (χ4n) is 12.7. The summed E-state index contributed by atoms with van der Waals surface area (Å²) in [7, 11) is 9.96. The first-order valence-electron chi connectivity index (χ1n) is 33.6. The summed E-state index contributed by atoms with van der Waals surface area (Å²) >= 11 is 0. The standard InChI is InChI=1S/C69H119N9O14/c1-25-27-28-44(13)60(82)59-61(83)70-50(26-2)66(88)71(18)48(17)64(86)76(23)58(47(16)63(85)78-29-31-92-32-30-78)56(81)38-49(42(9)10)65(87)72(19)51(33-39(3)4)55(80)36-45(14)54(79)37-46(15)62(84)73(20)52(34-40(5)6)67(89)74(21)53(35-41(7)8)68(90)75(22)57(43(11)12)69(91)77(59)24/h25,27,39-53,57-60,82H,26,28-38H2,1-24H3,(H,70,83)/b27-25+/t44-,45-,46+,47+,48-,49+,50+,51+,52+,53+,57+,58+,59+,60-/m1/s1. The van der Waals surface area contributed by atoms with Gasteiger partial charge in [-0.05, 0) is 81.5 Å². The van der Waals surface area contributed by atoms with Gasteiger partial charge in [0.1, 0.15) is 48.1 Å². The molecule has 0 radical (unpaired) electrons. The van der Waals surface area contributed by atoms with Gasteiger partial charge < -0.3 is 54.4 Å². The number of carbonyl (C=O) groups is 12. The number of Topliss-reactive ketones (excluding diaryl/α,β-unsaturated/α-hetero) is 3. The van der Waals surface area contributed by atoms with Crippen LogP contribution in [0.3, 0.4) is 0 Å². The molecule has 23 heteroatoms. The average molecular weight is 1300 g/mol.